The average molecular weight is 202 g/mol. The van der Waals surface area contributed by atoms with E-state index in [0.29, 0.717) is 0 Å². The van der Waals surface area contributed by atoms with Crippen LogP contribution in [-0.4, -0.2) is 10.3 Å². The summed E-state index contributed by atoms with van der Waals surface area (Å²) in [6, 6.07) is 6.20. The van der Waals surface area contributed by atoms with Crippen LogP contribution in [0.5, 0.6) is 5.75 Å². The lowest BCUT2D eigenvalue weighted by molar-refractivity contribution is 0.138. The Morgan fingerprint density at radius 3 is 3.00 bits per heavy atom. The second-order valence-electron chi connectivity index (χ2n) is 4.78. The lowest BCUT2D eigenvalue weighted by Gasteiger charge is -2.16. The molecule has 0 amide bonds. The number of nitrogens with zero attached hydrogens (tertiary/aromatic N) is 1. The van der Waals surface area contributed by atoms with Crippen LogP contribution in [0, 0.1) is 0 Å². The Hall–Kier alpha value is -1.64. The minimum atomic E-state index is -0.0828. The molecule has 3 nitrogen and oxygen atoms in total. The number of aromatic nitrogens is 1. The molecule has 3 rings (SSSR count). The second-order valence-corrected chi connectivity index (χ2v) is 4.78. The summed E-state index contributed by atoms with van der Waals surface area (Å²) in [6.45, 7) is 4.21. The maximum atomic E-state index is 5.86. The number of nitrogens with two attached hydrogens (primary N) is 1. The van der Waals surface area contributed by atoms with Gasteiger partial charge >= 0.3 is 0 Å². The Kier molecular flexibility index (Phi) is 1.43. The van der Waals surface area contributed by atoms with Gasteiger partial charge in [0.1, 0.15) is 11.4 Å². The van der Waals surface area contributed by atoms with Gasteiger partial charge in [0, 0.05) is 23.6 Å². The number of ether oxygens (including phenoxy) is 1. The number of hydrogen-bond donors (Lipinski definition) is 1. The molecule has 15 heavy (non-hydrogen) atoms. The van der Waals surface area contributed by atoms with Crippen molar-refractivity contribution in [2.45, 2.75) is 25.9 Å². The van der Waals surface area contributed by atoms with Crippen LogP contribution in [0.25, 0.3) is 10.9 Å². The molecule has 1 aliphatic rings. The van der Waals surface area contributed by atoms with E-state index in [9.17, 15) is 0 Å². The molecule has 78 valence electrons. The van der Waals surface area contributed by atoms with E-state index in [0.717, 1.165) is 23.1 Å². The Bertz CT molecular complexity index is 540. The van der Waals surface area contributed by atoms with Gasteiger partial charge in [0.15, 0.2) is 0 Å². The SMILES string of the molecule is CC1(C)Cc2cc3c(ccn3N)cc2O1. The molecule has 0 saturated carbocycles. The zero-order chi connectivity index (χ0) is 10.6. The van der Waals surface area contributed by atoms with Crippen molar-refractivity contribution in [3.8, 4) is 5.75 Å². The fourth-order valence-electron chi connectivity index (χ4n) is 2.25. The highest BCUT2D eigenvalue weighted by atomic mass is 16.5. The maximum Gasteiger partial charge on any atom is 0.124 e. The molecule has 0 unspecified atom stereocenters. The van der Waals surface area contributed by atoms with E-state index < -0.39 is 0 Å². The molecule has 3 heteroatoms. The monoisotopic (exact) mass is 202 g/mol. The van der Waals surface area contributed by atoms with Crippen LogP contribution in [0.3, 0.4) is 0 Å². The van der Waals surface area contributed by atoms with Crippen LogP contribution in [-0.2, 0) is 6.42 Å². The Balaban J connectivity index is 2.24. The molecule has 2 heterocycles. The Morgan fingerprint density at radius 2 is 2.20 bits per heavy atom. The van der Waals surface area contributed by atoms with Crippen LogP contribution in [0.4, 0.5) is 0 Å². The van der Waals surface area contributed by atoms with Crippen LogP contribution >= 0.6 is 0 Å². The predicted molar refractivity (Wildman–Crippen MR) is 60.5 cm³/mol. The molecule has 2 aromatic rings. The first-order valence-corrected chi connectivity index (χ1v) is 5.13. The third-order valence-electron chi connectivity index (χ3n) is 2.91. The summed E-state index contributed by atoms with van der Waals surface area (Å²) in [7, 11) is 0. The molecule has 0 atom stereocenters. The van der Waals surface area contributed by atoms with Crippen molar-refractivity contribution in [1.29, 1.82) is 0 Å². The van der Waals surface area contributed by atoms with Crippen molar-refractivity contribution in [3.05, 3.63) is 30.0 Å². The number of nitrogen functional groups attached to an aromatic ring is 1. The summed E-state index contributed by atoms with van der Waals surface area (Å²) >= 11 is 0. The first kappa shape index (κ1) is 8.65. The van der Waals surface area contributed by atoms with Crippen LogP contribution in [0.15, 0.2) is 24.4 Å². The second kappa shape index (κ2) is 2.48. The van der Waals surface area contributed by atoms with Gasteiger partial charge in [-0.1, -0.05) is 0 Å². The highest BCUT2D eigenvalue weighted by Gasteiger charge is 2.30. The van der Waals surface area contributed by atoms with Gasteiger partial charge in [-0.3, -0.25) is 4.68 Å². The zero-order valence-corrected chi connectivity index (χ0v) is 8.95. The van der Waals surface area contributed by atoms with Gasteiger partial charge in [0.2, 0.25) is 0 Å². The number of rotatable bonds is 0. The molecule has 1 aliphatic heterocycles. The maximum absolute atomic E-state index is 5.86. The minimum Gasteiger partial charge on any atom is -0.487 e. The van der Waals surface area contributed by atoms with E-state index in [1.165, 1.54) is 5.56 Å². The Labute approximate surface area is 88.4 Å². The molecule has 0 saturated heterocycles. The molecular formula is C12H14N2O. The van der Waals surface area contributed by atoms with E-state index in [4.69, 9.17) is 10.6 Å². The molecule has 0 radical (unpaired) electrons. The highest BCUT2D eigenvalue weighted by molar-refractivity contribution is 5.83. The molecule has 0 aliphatic carbocycles. The standard InChI is InChI=1S/C12H14N2O/c1-12(2)7-9-5-10-8(3-4-14(10)13)6-11(9)15-12/h3-6H,7,13H2,1-2H3. The number of benzene rings is 1. The zero-order valence-electron chi connectivity index (χ0n) is 8.95. The van der Waals surface area contributed by atoms with Crippen molar-refractivity contribution < 1.29 is 4.74 Å². The lowest BCUT2D eigenvalue weighted by atomic mass is 10.0. The van der Waals surface area contributed by atoms with E-state index in [1.807, 2.05) is 12.3 Å². The quantitative estimate of drug-likeness (QED) is 0.664. The molecule has 0 bridgehead atoms. The number of fused-ring (bicyclic) bond motifs is 2. The molecule has 0 spiro atoms. The van der Waals surface area contributed by atoms with Gasteiger partial charge in [0.05, 0.1) is 5.52 Å². The summed E-state index contributed by atoms with van der Waals surface area (Å²) in [5.74, 6) is 6.81. The number of hydrogen-bond acceptors (Lipinski definition) is 2. The van der Waals surface area contributed by atoms with Gasteiger partial charge in [-0.2, -0.15) is 0 Å². The van der Waals surface area contributed by atoms with Crippen molar-refractivity contribution in [3.63, 3.8) is 0 Å². The van der Waals surface area contributed by atoms with Crippen molar-refractivity contribution in [1.82, 2.24) is 4.68 Å². The summed E-state index contributed by atoms with van der Waals surface area (Å²) in [5.41, 5.74) is 2.23. The van der Waals surface area contributed by atoms with Gasteiger partial charge in [-0.15, -0.1) is 0 Å². The van der Waals surface area contributed by atoms with Crippen molar-refractivity contribution in [2.24, 2.45) is 0 Å². The van der Waals surface area contributed by atoms with Gasteiger partial charge in [-0.05, 0) is 32.0 Å². The van der Waals surface area contributed by atoms with Gasteiger partial charge in [0.25, 0.3) is 0 Å². The van der Waals surface area contributed by atoms with Crippen LogP contribution < -0.4 is 10.6 Å². The first-order chi connectivity index (χ1) is 7.05. The first-order valence-electron chi connectivity index (χ1n) is 5.13. The highest BCUT2D eigenvalue weighted by Crippen LogP contribution is 2.37. The summed E-state index contributed by atoms with van der Waals surface area (Å²) < 4.78 is 7.52. The van der Waals surface area contributed by atoms with E-state index in [2.05, 4.69) is 26.0 Å². The van der Waals surface area contributed by atoms with Crippen molar-refractivity contribution >= 4 is 10.9 Å². The molecule has 0 fully saturated rings. The van der Waals surface area contributed by atoms with Crippen LogP contribution in [0.2, 0.25) is 0 Å². The smallest absolute Gasteiger partial charge is 0.124 e. The fourth-order valence-corrected chi connectivity index (χ4v) is 2.25. The molecule has 1 aromatic carbocycles. The van der Waals surface area contributed by atoms with E-state index >= 15 is 0 Å². The fraction of sp³-hybridized carbons (Fsp3) is 0.333. The lowest BCUT2D eigenvalue weighted by Crippen LogP contribution is -2.24. The third kappa shape index (κ3) is 1.19. The summed E-state index contributed by atoms with van der Waals surface area (Å²) in [4.78, 5) is 0. The summed E-state index contributed by atoms with van der Waals surface area (Å²) in [5, 5.41) is 1.13. The normalized spacial score (nSPS) is 17.7. The van der Waals surface area contributed by atoms with Crippen molar-refractivity contribution in [2.75, 3.05) is 5.84 Å². The average Bonchev–Trinajstić information content (AvgIpc) is 2.62. The molecular weight excluding hydrogens is 188 g/mol. The Morgan fingerprint density at radius 1 is 1.40 bits per heavy atom. The topological polar surface area (TPSA) is 40.2 Å². The molecule has 2 N–H and O–H groups in total. The van der Waals surface area contributed by atoms with Crippen LogP contribution in [0.1, 0.15) is 19.4 Å². The van der Waals surface area contributed by atoms with Gasteiger partial charge in [-0.25, -0.2) is 0 Å². The third-order valence-corrected chi connectivity index (χ3v) is 2.91. The predicted octanol–water partition coefficient (Wildman–Crippen LogP) is 2.07. The van der Waals surface area contributed by atoms with Gasteiger partial charge < -0.3 is 10.6 Å². The minimum absolute atomic E-state index is 0.0828. The van der Waals surface area contributed by atoms with E-state index in [1.54, 1.807) is 4.68 Å². The largest absolute Gasteiger partial charge is 0.487 e. The van der Waals surface area contributed by atoms with E-state index in [-0.39, 0.29) is 5.60 Å². The summed E-state index contributed by atoms with van der Waals surface area (Å²) in [6.07, 6.45) is 2.81. The molecule has 1 aromatic heterocycles.